The normalized spacial score (nSPS) is 17.7. The maximum atomic E-state index is 13.0. The fraction of sp³-hybridized carbons (Fsp3) is 0.632. The molecule has 1 aliphatic heterocycles. The van der Waals surface area contributed by atoms with Gasteiger partial charge in [0, 0.05) is 25.0 Å². The quantitative estimate of drug-likeness (QED) is 0.836. The summed E-state index contributed by atoms with van der Waals surface area (Å²) < 4.78 is 10.9. The summed E-state index contributed by atoms with van der Waals surface area (Å²) in [5, 5.41) is 3.12. The summed E-state index contributed by atoms with van der Waals surface area (Å²) in [5.74, 6) is 1.81. The molecule has 0 spiro atoms. The summed E-state index contributed by atoms with van der Waals surface area (Å²) in [6.07, 6.45) is 5.95. The van der Waals surface area contributed by atoms with E-state index in [4.69, 9.17) is 9.47 Å². The standard InChI is InChI=1S/C19H28N2O3.ClH/c1-14(11-20-2)19(22)21(16-6-4-3-5-7-16)12-15-8-9-17-18(10-15)24-13-23-17;/h8-10,14,16,20H,3-7,11-13H2,1-2H3;1H. The van der Waals surface area contributed by atoms with Crippen LogP contribution in [0.2, 0.25) is 0 Å². The number of amides is 1. The van der Waals surface area contributed by atoms with Crippen molar-refractivity contribution in [2.45, 2.75) is 51.6 Å². The Morgan fingerprint density at radius 1 is 1.24 bits per heavy atom. The highest BCUT2D eigenvalue weighted by atomic mass is 35.5. The number of nitrogens with zero attached hydrogens (tertiary/aromatic N) is 1. The number of carbonyl (C=O) groups is 1. The van der Waals surface area contributed by atoms with Gasteiger partial charge in [-0.2, -0.15) is 0 Å². The summed E-state index contributed by atoms with van der Waals surface area (Å²) in [6, 6.07) is 6.35. The Kier molecular flexibility index (Phi) is 7.38. The van der Waals surface area contributed by atoms with E-state index in [1.54, 1.807) is 0 Å². The second-order valence-corrected chi connectivity index (χ2v) is 6.90. The first-order valence-corrected chi connectivity index (χ1v) is 9.02. The van der Waals surface area contributed by atoms with Crippen LogP contribution in [0, 0.1) is 5.92 Å². The molecule has 0 bridgehead atoms. The van der Waals surface area contributed by atoms with Crippen molar-refractivity contribution in [1.29, 1.82) is 0 Å². The van der Waals surface area contributed by atoms with Gasteiger partial charge in [-0.15, -0.1) is 12.4 Å². The molecule has 1 fully saturated rings. The number of ether oxygens (including phenoxy) is 2. The van der Waals surface area contributed by atoms with Gasteiger partial charge in [0.15, 0.2) is 11.5 Å². The van der Waals surface area contributed by atoms with Crippen LogP contribution in [-0.4, -0.2) is 37.2 Å². The van der Waals surface area contributed by atoms with Crippen molar-refractivity contribution in [3.63, 3.8) is 0 Å². The molecule has 1 amide bonds. The lowest BCUT2D eigenvalue weighted by molar-refractivity contribution is -0.138. The van der Waals surface area contributed by atoms with Crippen molar-refractivity contribution >= 4 is 18.3 Å². The van der Waals surface area contributed by atoms with E-state index >= 15 is 0 Å². The van der Waals surface area contributed by atoms with Crippen molar-refractivity contribution < 1.29 is 14.3 Å². The van der Waals surface area contributed by atoms with Crippen molar-refractivity contribution in [1.82, 2.24) is 10.2 Å². The molecule has 1 heterocycles. The van der Waals surface area contributed by atoms with Gasteiger partial charge < -0.3 is 19.7 Å². The van der Waals surface area contributed by atoms with Crippen molar-refractivity contribution in [2.75, 3.05) is 20.4 Å². The minimum absolute atomic E-state index is 0. The Bertz CT molecular complexity index is 576. The first kappa shape index (κ1) is 19.9. The summed E-state index contributed by atoms with van der Waals surface area (Å²) in [7, 11) is 1.90. The van der Waals surface area contributed by atoms with Crippen LogP contribution in [-0.2, 0) is 11.3 Å². The van der Waals surface area contributed by atoms with Crippen molar-refractivity contribution in [3.8, 4) is 11.5 Å². The molecule has 1 saturated carbocycles. The van der Waals surface area contributed by atoms with E-state index in [1.807, 2.05) is 32.2 Å². The third-order valence-corrected chi connectivity index (χ3v) is 5.02. The number of hydrogen-bond acceptors (Lipinski definition) is 4. The van der Waals surface area contributed by atoms with Crippen LogP contribution in [0.15, 0.2) is 18.2 Å². The molecule has 0 aromatic heterocycles. The van der Waals surface area contributed by atoms with Gasteiger partial charge in [-0.1, -0.05) is 32.3 Å². The largest absolute Gasteiger partial charge is 0.454 e. The molecule has 0 radical (unpaired) electrons. The number of carbonyl (C=O) groups excluding carboxylic acids is 1. The minimum Gasteiger partial charge on any atom is -0.454 e. The molecule has 1 N–H and O–H groups in total. The lowest BCUT2D eigenvalue weighted by Crippen LogP contribution is -2.45. The van der Waals surface area contributed by atoms with E-state index in [2.05, 4.69) is 10.2 Å². The molecule has 1 atom stereocenters. The number of hydrogen-bond donors (Lipinski definition) is 1. The highest BCUT2D eigenvalue weighted by Gasteiger charge is 2.28. The predicted molar refractivity (Wildman–Crippen MR) is 100 cm³/mol. The van der Waals surface area contributed by atoms with Gasteiger partial charge in [-0.3, -0.25) is 4.79 Å². The maximum absolute atomic E-state index is 13.0. The summed E-state index contributed by atoms with van der Waals surface area (Å²) in [5.41, 5.74) is 1.11. The molecule has 2 aliphatic rings. The monoisotopic (exact) mass is 368 g/mol. The SMILES string of the molecule is CNCC(C)C(=O)N(Cc1ccc2c(c1)OCO2)C1CCCCC1.Cl. The van der Waals surface area contributed by atoms with Crippen molar-refractivity contribution in [2.24, 2.45) is 5.92 Å². The van der Waals surface area contributed by atoms with Gasteiger partial charge in [0.2, 0.25) is 12.7 Å². The molecule has 1 aromatic carbocycles. The van der Waals surface area contributed by atoms with Crippen LogP contribution in [0.5, 0.6) is 11.5 Å². The molecule has 1 unspecified atom stereocenters. The van der Waals surface area contributed by atoms with E-state index in [0.29, 0.717) is 19.1 Å². The number of benzene rings is 1. The number of fused-ring (bicyclic) bond motifs is 1. The Labute approximate surface area is 156 Å². The zero-order chi connectivity index (χ0) is 16.9. The van der Waals surface area contributed by atoms with Gasteiger partial charge in [-0.25, -0.2) is 0 Å². The predicted octanol–water partition coefficient (Wildman–Crippen LogP) is 3.35. The topological polar surface area (TPSA) is 50.8 Å². The lowest BCUT2D eigenvalue weighted by atomic mass is 9.92. The van der Waals surface area contributed by atoms with E-state index in [-0.39, 0.29) is 31.0 Å². The minimum atomic E-state index is -0.00839. The molecule has 25 heavy (non-hydrogen) atoms. The van der Waals surface area contributed by atoms with Crippen LogP contribution < -0.4 is 14.8 Å². The zero-order valence-electron chi connectivity index (χ0n) is 15.1. The first-order chi connectivity index (χ1) is 11.7. The van der Waals surface area contributed by atoms with E-state index in [0.717, 1.165) is 29.9 Å². The average Bonchev–Trinajstić information content (AvgIpc) is 3.08. The Morgan fingerprint density at radius 3 is 2.68 bits per heavy atom. The molecule has 6 heteroatoms. The van der Waals surface area contributed by atoms with Gasteiger partial charge in [0.25, 0.3) is 0 Å². The van der Waals surface area contributed by atoms with E-state index in [9.17, 15) is 4.79 Å². The van der Waals surface area contributed by atoms with Crippen LogP contribution in [0.1, 0.15) is 44.6 Å². The number of halogens is 1. The van der Waals surface area contributed by atoms with E-state index < -0.39 is 0 Å². The zero-order valence-corrected chi connectivity index (χ0v) is 15.9. The summed E-state index contributed by atoms with van der Waals surface area (Å²) in [4.78, 5) is 15.1. The lowest BCUT2D eigenvalue weighted by Gasteiger charge is -2.36. The summed E-state index contributed by atoms with van der Waals surface area (Å²) in [6.45, 7) is 3.65. The third kappa shape index (κ3) is 4.79. The molecule has 5 nitrogen and oxygen atoms in total. The van der Waals surface area contributed by atoms with Crippen LogP contribution >= 0.6 is 12.4 Å². The second-order valence-electron chi connectivity index (χ2n) is 6.90. The van der Waals surface area contributed by atoms with Crippen LogP contribution in [0.4, 0.5) is 0 Å². The van der Waals surface area contributed by atoms with Gasteiger partial charge in [-0.05, 0) is 37.6 Å². The molecule has 1 aromatic rings. The van der Waals surface area contributed by atoms with Crippen molar-refractivity contribution in [3.05, 3.63) is 23.8 Å². The Morgan fingerprint density at radius 2 is 1.96 bits per heavy atom. The molecule has 140 valence electrons. The fourth-order valence-corrected chi connectivity index (χ4v) is 3.69. The van der Waals surface area contributed by atoms with Crippen LogP contribution in [0.3, 0.4) is 0 Å². The Hall–Kier alpha value is -1.46. The Balaban J connectivity index is 0.00000225. The van der Waals surface area contributed by atoms with Gasteiger partial charge >= 0.3 is 0 Å². The highest BCUT2D eigenvalue weighted by Crippen LogP contribution is 2.33. The average molecular weight is 369 g/mol. The number of nitrogens with one attached hydrogen (secondary N) is 1. The van der Waals surface area contributed by atoms with Crippen LogP contribution in [0.25, 0.3) is 0 Å². The highest BCUT2D eigenvalue weighted by molar-refractivity contribution is 5.85. The fourth-order valence-electron chi connectivity index (χ4n) is 3.69. The smallest absolute Gasteiger partial charge is 0.231 e. The van der Waals surface area contributed by atoms with Gasteiger partial charge in [0.1, 0.15) is 0 Å². The third-order valence-electron chi connectivity index (χ3n) is 5.02. The molecule has 3 rings (SSSR count). The van der Waals surface area contributed by atoms with Gasteiger partial charge in [0.05, 0.1) is 0 Å². The molecule has 0 saturated heterocycles. The first-order valence-electron chi connectivity index (χ1n) is 9.02. The second kappa shape index (κ2) is 9.30. The molecule has 1 aliphatic carbocycles. The van der Waals surface area contributed by atoms with E-state index in [1.165, 1.54) is 19.3 Å². The summed E-state index contributed by atoms with van der Waals surface area (Å²) >= 11 is 0. The molecular formula is C19H29ClN2O3. The molecular weight excluding hydrogens is 340 g/mol. The maximum Gasteiger partial charge on any atom is 0.231 e. The number of rotatable bonds is 6.